The molecule has 0 atom stereocenters. The van der Waals surface area contributed by atoms with Crippen LogP contribution in [0.3, 0.4) is 0 Å². The van der Waals surface area contributed by atoms with Gasteiger partial charge < -0.3 is 34.2 Å². The molecule has 0 saturated heterocycles. The molecule has 0 saturated carbocycles. The number of methoxy groups -OCH3 is 1. The minimum absolute atomic E-state index is 0.482. The molecular formula is C17H29NO6. The van der Waals surface area contributed by atoms with Crippen molar-refractivity contribution >= 4 is 5.69 Å². The van der Waals surface area contributed by atoms with E-state index in [2.05, 4.69) is 0 Å². The van der Waals surface area contributed by atoms with Crippen molar-refractivity contribution in [1.29, 1.82) is 0 Å². The second kappa shape index (κ2) is 15.2. The van der Waals surface area contributed by atoms with E-state index in [1.807, 2.05) is 18.2 Å². The first-order valence-corrected chi connectivity index (χ1v) is 8.11. The minimum atomic E-state index is 0.482. The lowest BCUT2D eigenvalue weighted by atomic mass is 10.3. The first-order chi connectivity index (χ1) is 11.8. The van der Waals surface area contributed by atoms with Gasteiger partial charge in [-0.15, -0.1) is 0 Å². The van der Waals surface area contributed by atoms with Crippen LogP contribution in [0, 0.1) is 0 Å². The molecule has 2 N–H and O–H groups in total. The van der Waals surface area contributed by atoms with Gasteiger partial charge in [0.15, 0.2) is 0 Å². The van der Waals surface area contributed by atoms with Crippen molar-refractivity contribution in [2.24, 2.45) is 0 Å². The molecule has 0 fully saturated rings. The number of benzene rings is 1. The number of hydrogen-bond donors (Lipinski definition) is 1. The number of ether oxygens (including phenoxy) is 6. The van der Waals surface area contributed by atoms with Crippen molar-refractivity contribution in [1.82, 2.24) is 0 Å². The number of anilines is 1. The van der Waals surface area contributed by atoms with Crippen molar-refractivity contribution in [3.63, 3.8) is 0 Å². The molecule has 1 rings (SSSR count). The summed E-state index contributed by atoms with van der Waals surface area (Å²) in [6.07, 6.45) is 0. The van der Waals surface area contributed by atoms with Crippen LogP contribution < -0.4 is 10.5 Å². The molecule has 0 aliphatic rings. The Bertz CT molecular complexity index is 404. The van der Waals surface area contributed by atoms with Gasteiger partial charge in [-0.1, -0.05) is 6.07 Å². The largest absolute Gasteiger partial charge is 0.491 e. The Kier molecular flexibility index (Phi) is 13.1. The van der Waals surface area contributed by atoms with E-state index in [-0.39, 0.29) is 0 Å². The van der Waals surface area contributed by atoms with Gasteiger partial charge in [-0.2, -0.15) is 0 Å². The molecule has 24 heavy (non-hydrogen) atoms. The molecular weight excluding hydrogens is 314 g/mol. The van der Waals surface area contributed by atoms with E-state index >= 15 is 0 Å². The highest BCUT2D eigenvalue weighted by Crippen LogP contribution is 2.13. The highest BCUT2D eigenvalue weighted by atomic mass is 16.6. The summed E-state index contributed by atoms with van der Waals surface area (Å²) in [4.78, 5) is 0. The van der Waals surface area contributed by atoms with Gasteiger partial charge in [-0.3, -0.25) is 0 Å². The summed E-state index contributed by atoms with van der Waals surface area (Å²) in [5.41, 5.74) is 6.35. The van der Waals surface area contributed by atoms with Crippen molar-refractivity contribution in [2.75, 3.05) is 78.9 Å². The van der Waals surface area contributed by atoms with E-state index < -0.39 is 0 Å². The maximum absolute atomic E-state index is 5.66. The molecule has 0 aliphatic heterocycles. The molecule has 0 aromatic heterocycles. The van der Waals surface area contributed by atoms with Crippen molar-refractivity contribution in [2.45, 2.75) is 0 Å². The van der Waals surface area contributed by atoms with Gasteiger partial charge in [-0.25, -0.2) is 0 Å². The van der Waals surface area contributed by atoms with Gasteiger partial charge in [0.2, 0.25) is 0 Å². The van der Waals surface area contributed by atoms with E-state index in [9.17, 15) is 0 Å². The van der Waals surface area contributed by atoms with Gasteiger partial charge in [0, 0.05) is 18.9 Å². The fourth-order valence-electron chi connectivity index (χ4n) is 1.73. The topological polar surface area (TPSA) is 81.4 Å². The predicted octanol–water partition coefficient (Wildman–Crippen LogP) is 1.36. The highest BCUT2D eigenvalue weighted by molar-refractivity contribution is 5.43. The fraction of sp³-hybridized carbons (Fsp3) is 0.647. The van der Waals surface area contributed by atoms with E-state index in [1.165, 1.54) is 0 Å². The Labute approximate surface area is 143 Å². The van der Waals surface area contributed by atoms with Crippen LogP contribution in [0.4, 0.5) is 5.69 Å². The van der Waals surface area contributed by atoms with Crippen molar-refractivity contribution in [3.8, 4) is 5.75 Å². The lowest BCUT2D eigenvalue weighted by Gasteiger charge is -2.08. The van der Waals surface area contributed by atoms with Gasteiger partial charge in [-0.05, 0) is 12.1 Å². The standard InChI is InChI=1S/C17H29NO6/c1-19-5-6-20-7-8-21-9-10-22-11-12-23-13-14-24-17-4-2-3-16(18)15-17/h2-4,15H,5-14,18H2,1H3. The lowest BCUT2D eigenvalue weighted by molar-refractivity contribution is -0.00978. The Morgan fingerprint density at radius 3 is 1.71 bits per heavy atom. The summed E-state index contributed by atoms with van der Waals surface area (Å²) in [5.74, 6) is 0.748. The molecule has 7 heteroatoms. The summed E-state index contributed by atoms with van der Waals surface area (Å²) in [7, 11) is 1.65. The third kappa shape index (κ3) is 12.1. The van der Waals surface area contributed by atoms with E-state index in [0.29, 0.717) is 71.8 Å². The molecule has 0 bridgehead atoms. The normalized spacial score (nSPS) is 10.9. The van der Waals surface area contributed by atoms with Crippen molar-refractivity contribution in [3.05, 3.63) is 24.3 Å². The smallest absolute Gasteiger partial charge is 0.121 e. The van der Waals surface area contributed by atoms with Crippen LogP contribution in [0.1, 0.15) is 0 Å². The van der Waals surface area contributed by atoms with Crippen molar-refractivity contribution < 1.29 is 28.4 Å². The van der Waals surface area contributed by atoms with E-state index in [0.717, 1.165) is 5.75 Å². The molecule has 0 aliphatic carbocycles. The van der Waals surface area contributed by atoms with Crippen LogP contribution in [0.15, 0.2) is 24.3 Å². The Balaban J connectivity index is 1.76. The Morgan fingerprint density at radius 2 is 1.21 bits per heavy atom. The van der Waals surface area contributed by atoms with Crippen LogP contribution in [-0.2, 0) is 23.7 Å². The monoisotopic (exact) mass is 343 g/mol. The van der Waals surface area contributed by atoms with Crippen LogP contribution in [0.25, 0.3) is 0 Å². The van der Waals surface area contributed by atoms with Gasteiger partial charge >= 0.3 is 0 Å². The zero-order valence-electron chi connectivity index (χ0n) is 14.4. The van der Waals surface area contributed by atoms with Gasteiger partial charge in [0.05, 0.1) is 59.5 Å². The van der Waals surface area contributed by atoms with Crippen LogP contribution >= 0.6 is 0 Å². The summed E-state index contributed by atoms with van der Waals surface area (Å²) in [5, 5.41) is 0. The molecule has 0 heterocycles. The summed E-state index contributed by atoms with van der Waals surface area (Å²) < 4.78 is 31.8. The second-order valence-electron chi connectivity index (χ2n) is 4.86. The predicted molar refractivity (Wildman–Crippen MR) is 91.5 cm³/mol. The fourth-order valence-corrected chi connectivity index (χ4v) is 1.73. The summed E-state index contributed by atoms with van der Waals surface area (Å²) >= 11 is 0. The molecule has 7 nitrogen and oxygen atoms in total. The van der Waals surface area contributed by atoms with E-state index in [4.69, 9.17) is 34.2 Å². The Morgan fingerprint density at radius 1 is 0.708 bits per heavy atom. The molecule has 0 amide bonds. The lowest BCUT2D eigenvalue weighted by Crippen LogP contribution is -2.14. The number of rotatable bonds is 16. The minimum Gasteiger partial charge on any atom is -0.491 e. The molecule has 0 radical (unpaired) electrons. The Hall–Kier alpha value is -1.38. The molecule has 138 valence electrons. The van der Waals surface area contributed by atoms with Crippen LogP contribution in [0.2, 0.25) is 0 Å². The van der Waals surface area contributed by atoms with Crippen LogP contribution in [0.5, 0.6) is 5.75 Å². The molecule has 0 unspecified atom stereocenters. The summed E-state index contributed by atoms with van der Waals surface area (Å²) in [6, 6.07) is 7.32. The summed E-state index contributed by atoms with van der Waals surface area (Å²) in [6.45, 7) is 5.47. The zero-order chi connectivity index (χ0) is 17.3. The third-order valence-corrected chi connectivity index (χ3v) is 2.90. The quantitative estimate of drug-likeness (QED) is 0.358. The number of nitrogens with two attached hydrogens (primary N) is 1. The average molecular weight is 343 g/mol. The molecule has 0 spiro atoms. The van der Waals surface area contributed by atoms with Crippen LogP contribution in [-0.4, -0.2) is 73.2 Å². The third-order valence-electron chi connectivity index (χ3n) is 2.90. The zero-order valence-corrected chi connectivity index (χ0v) is 14.4. The average Bonchev–Trinajstić information content (AvgIpc) is 2.58. The highest BCUT2D eigenvalue weighted by Gasteiger charge is 1.95. The van der Waals surface area contributed by atoms with E-state index in [1.54, 1.807) is 13.2 Å². The first kappa shape index (κ1) is 20.7. The number of nitrogen functional groups attached to an aromatic ring is 1. The molecule has 1 aromatic carbocycles. The van der Waals surface area contributed by atoms with Gasteiger partial charge in [0.1, 0.15) is 12.4 Å². The van der Waals surface area contributed by atoms with Gasteiger partial charge in [0.25, 0.3) is 0 Å². The maximum Gasteiger partial charge on any atom is 0.121 e. The number of hydrogen-bond acceptors (Lipinski definition) is 7. The molecule has 1 aromatic rings. The maximum atomic E-state index is 5.66. The second-order valence-corrected chi connectivity index (χ2v) is 4.86. The first-order valence-electron chi connectivity index (χ1n) is 8.11. The SMILES string of the molecule is COCCOCCOCCOCCOCCOc1cccc(N)c1.